The van der Waals surface area contributed by atoms with E-state index in [0.29, 0.717) is 6.04 Å². The number of carbonyl (C=O) groups is 1. The van der Waals surface area contributed by atoms with Gasteiger partial charge in [0.05, 0.1) is 0 Å². The molecule has 0 aliphatic carbocycles. The Morgan fingerprint density at radius 1 is 1.15 bits per heavy atom. The Morgan fingerprint density at radius 2 is 2.00 bits per heavy atom. The Labute approximate surface area is 155 Å². The minimum atomic E-state index is -0.170. The largest absolute Gasteiger partial charge is 0.368 e. The molecule has 5 heteroatoms. The van der Waals surface area contributed by atoms with Crippen LogP contribution in [0.2, 0.25) is 0 Å². The highest BCUT2D eigenvalue weighted by Gasteiger charge is 2.30. The van der Waals surface area contributed by atoms with E-state index in [9.17, 15) is 4.79 Å². The molecule has 26 heavy (non-hydrogen) atoms. The molecule has 2 aliphatic rings. The van der Waals surface area contributed by atoms with Gasteiger partial charge in [-0.05, 0) is 56.2 Å². The molecule has 3 heterocycles. The number of nitrogens with zero attached hydrogens (tertiary/aromatic N) is 2. The van der Waals surface area contributed by atoms with Crippen LogP contribution in [-0.4, -0.2) is 53.8 Å². The molecule has 0 unspecified atom stereocenters. The van der Waals surface area contributed by atoms with E-state index >= 15 is 0 Å². The number of para-hydroxylation sites is 1. The molecule has 140 valence electrons. The molecular formula is C21H29N3O2. The van der Waals surface area contributed by atoms with Crippen LogP contribution in [0, 0.1) is 0 Å². The summed E-state index contributed by atoms with van der Waals surface area (Å²) in [7, 11) is 0. The highest BCUT2D eigenvalue weighted by Crippen LogP contribution is 2.19. The third kappa shape index (κ3) is 3.94. The molecule has 5 nitrogen and oxygen atoms in total. The number of likely N-dealkylation sites (tertiary alicyclic amines) is 1. The Balaban J connectivity index is 1.16. The molecular weight excluding hydrogens is 326 g/mol. The lowest BCUT2D eigenvalue weighted by Crippen LogP contribution is -2.48. The lowest BCUT2D eigenvalue weighted by molar-refractivity contribution is -0.142. The van der Waals surface area contributed by atoms with Crippen LogP contribution < -0.4 is 5.32 Å². The molecule has 1 aromatic carbocycles. The van der Waals surface area contributed by atoms with Crippen molar-refractivity contribution in [3.05, 3.63) is 36.5 Å². The fourth-order valence-electron chi connectivity index (χ4n) is 4.17. The van der Waals surface area contributed by atoms with Gasteiger partial charge in [0.2, 0.25) is 0 Å². The number of aryl methyl sites for hydroxylation is 1. The zero-order valence-electron chi connectivity index (χ0n) is 15.4. The van der Waals surface area contributed by atoms with Crippen LogP contribution in [0.15, 0.2) is 36.5 Å². The van der Waals surface area contributed by atoms with Crippen LogP contribution in [0.25, 0.3) is 10.9 Å². The highest BCUT2D eigenvalue weighted by molar-refractivity contribution is 5.81. The van der Waals surface area contributed by atoms with Gasteiger partial charge < -0.3 is 19.5 Å². The molecule has 0 spiro atoms. The van der Waals surface area contributed by atoms with Gasteiger partial charge in [-0.3, -0.25) is 4.79 Å². The number of hydrogen-bond donors (Lipinski definition) is 1. The molecule has 0 bridgehead atoms. The number of fused-ring (bicyclic) bond motifs is 1. The molecule has 1 amide bonds. The summed E-state index contributed by atoms with van der Waals surface area (Å²) in [4.78, 5) is 14.4. The number of hydrogen-bond acceptors (Lipinski definition) is 3. The second kappa shape index (κ2) is 8.23. The molecule has 2 saturated heterocycles. The predicted octanol–water partition coefficient (Wildman–Crippen LogP) is 2.79. The smallest absolute Gasteiger partial charge is 0.251 e. The first-order valence-corrected chi connectivity index (χ1v) is 9.99. The van der Waals surface area contributed by atoms with Gasteiger partial charge in [-0.1, -0.05) is 18.2 Å². The molecule has 1 aromatic heterocycles. The summed E-state index contributed by atoms with van der Waals surface area (Å²) in [6.45, 7) is 4.52. The van der Waals surface area contributed by atoms with Crippen LogP contribution >= 0.6 is 0 Å². The van der Waals surface area contributed by atoms with Gasteiger partial charge in [0.15, 0.2) is 0 Å². The van der Waals surface area contributed by atoms with Gasteiger partial charge >= 0.3 is 0 Å². The summed E-state index contributed by atoms with van der Waals surface area (Å²) >= 11 is 0. The second-order valence-corrected chi connectivity index (χ2v) is 7.48. The van der Waals surface area contributed by atoms with Crippen molar-refractivity contribution in [3.8, 4) is 0 Å². The van der Waals surface area contributed by atoms with E-state index in [1.165, 1.54) is 10.9 Å². The number of ether oxygens (including phenoxy) is 1. The van der Waals surface area contributed by atoms with Crippen molar-refractivity contribution in [2.45, 2.75) is 50.8 Å². The third-order valence-corrected chi connectivity index (χ3v) is 5.70. The number of nitrogens with one attached hydrogen (secondary N) is 1. The molecule has 1 N–H and O–H groups in total. The quantitative estimate of drug-likeness (QED) is 0.811. The van der Waals surface area contributed by atoms with Gasteiger partial charge in [0, 0.05) is 44.0 Å². The highest BCUT2D eigenvalue weighted by atomic mass is 16.5. The summed E-state index contributed by atoms with van der Waals surface area (Å²) in [5, 5.41) is 4.99. The fourth-order valence-corrected chi connectivity index (χ4v) is 4.17. The van der Waals surface area contributed by atoms with Gasteiger partial charge in [0.1, 0.15) is 6.10 Å². The summed E-state index contributed by atoms with van der Waals surface area (Å²) < 4.78 is 7.86. The Hall–Kier alpha value is -1.85. The molecule has 0 saturated carbocycles. The molecule has 4 rings (SSSR count). The predicted molar refractivity (Wildman–Crippen MR) is 103 cm³/mol. The Morgan fingerprint density at radius 3 is 2.81 bits per heavy atom. The molecule has 2 aliphatic heterocycles. The van der Waals surface area contributed by atoms with Crippen molar-refractivity contribution in [2.24, 2.45) is 0 Å². The maximum atomic E-state index is 12.4. The van der Waals surface area contributed by atoms with Crippen molar-refractivity contribution in [1.29, 1.82) is 0 Å². The maximum absolute atomic E-state index is 12.4. The van der Waals surface area contributed by atoms with E-state index in [4.69, 9.17) is 4.74 Å². The van der Waals surface area contributed by atoms with Crippen LogP contribution in [-0.2, 0) is 16.1 Å². The normalized spacial score (nSPS) is 21.5. The van der Waals surface area contributed by atoms with E-state index in [1.54, 1.807) is 0 Å². The minimum absolute atomic E-state index is 0.170. The van der Waals surface area contributed by atoms with Gasteiger partial charge in [0.25, 0.3) is 5.91 Å². The molecule has 2 aromatic rings. The summed E-state index contributed by atoms with van der Waals surface area (Å²) in [5.74, 6) is 0.209. The van der Waals surface area contributed by atoms with E-state index in [2.05, 4.69) is 46.4 Å². The first-order valence-electron chi connectivity index (χ1n) is 9.99. The topological polar surface area (TPSA) is 46.5 Å². The number of amides is 1. The lowest BCUT2D eigenvalue weighted by Gasteiger charge is -2.33. The minimum Gasteiger partial charge on any atom is -0.368 e. The van der Waals surface area contributed by atoms with Crippen LogP contribution in [0.1, 0.15) is 32.1 Å². The summed E-state index contributed by atoms with van der Waals surface area (Å²) in [6, 6.07) is 11.3. The first-order chi connectivity index (χ1) is 12.8. The average Bonchev–Trinajstić information content (AvgIpc) is 3.35. The number of piperidine rings is 1. The molecule has 2 fully saturated rings. The Kier molecular flexibility index (Phi) is 5.56. The average molecular weight is 355 g/mol. The van der Waals surface area contributed by atoms with Crippen LogP contribution in [0.3, 0.4) is 0 Å². The molecule has 0 radical (unpaired) electrons. The fraction of sp³-hybridized carbons (Fsp3) is 0.571. The van der Waals surface area contributed by atoms with Crippen molar-refractivity contribution in [1.82, 2.24) is 14.8 Å². The van der Waals surface area contributed by atoms with Crippen LogP contribution in [0.5, 0.6) is 0 Å². The second-order valence-electron chi connectivity index (χ2n) is 7.48. The van der Waals surface area contributed by atoms with Crippen molar-refractivity contribution >= 4 is 16.8 Å². The van der Waals surface area contributed by atoms with Crippen molar-refractivity contribution < 1.29 is 9.53 Å². The van der Waals surface area contributed by atoms with E-state index < -0.39 is 0 Å². The SMILES string of the molecule is O=C([C@@H]1CCCO1)N1CCC(NCCCn2ccc3ccccc32)CC1. The van der Waals surface area contributed by atoms with Gasteiger partial charge in [-0.2, -0.15) is 0 Å². The van der Waals surface area contributed by atoms with Crippen LogP contribution in [0.4, 0.5) is 0 Å². The first kappa shape index (κ1) is 17.6. The summed E-state index contributed by atoms with van der Waals surface area (Å²) in [5.41, 5.74) is 1.31. The van der Waals surface area contributed by atoms with E-state index in [-0.39, 0.29) is 12.0 Å². The lowest BCUT2D eigenvalue weighted by atomic mass is 10.0. The van der Waals surface area contributed by atoms with Gasteiger partial charge in [-0.15, -0.1) is 0 Å². The summed E-state index contributed by atoms with van der Waals surface area (Å²) in [6.07, 6.45) is 7.13. The molecule has 1 atom stereocenters. The van der Waals surface area contributed by atoms with Crippen molar-refractivity contribution in [2.75, 3.05) is 26.2 Å². The zero-order chi connectivity index (χ0) is 17.8. The number of benzene rings is 1. The number of aromatic nitrogens is 1. The number of carbonyl (C=O) groups excluding carboxylic acids is 1. The monoisotopic (exact) mass is 355 g/mol. The van der Waals surface area contributed by atoms with Gasteiger partial charge in [-0.25, -0.2) is 0 Å². The van der Waals surface area contributed by atoms with E-state index in [1.807, 2.05) is 4.90 Å². The maximum Gasteiger partial charge on any atom is 0.251 e. The van der Waals surface area contributed by atoms with Crippen molar-refractivity contribution in [3.63, 3.8) is 0 Å². The zero-order valence-corrected chi connectivity index (χ0v) is 15.4. The Bertz CT molecular complexity index is 728. The number of rotatable bonds is 6. The van der Waals surface area contributed by atoms with E-state index in [0.717, 1.165) is 64.9 Å². The third-order valence-electron chi connectivity index (χ3n) is 5.70. The standard InChI is InChI=1S/C21H29N3O2/c25-21(20-7-3-16-26-20)24-14-9-18(10-15-24)22-11-4-12-23-13-8-17-5-1-2-6-19(17)23/h1-2,5-6,8,13,18,20,22H,3-4,7,9-12,14-16H2/t20-/m0/s1.